The lowest BCUT2D eigenvalue weighted by atomic mass is 9.95. The van der Waals surface area contributed by atoms with Gasteiger partial charge in [-0.25, -0.2) is 14.6 Å². The van der Waals surface area contributed by atoms with Crippen LogP contribution in [-0.2, 0) is 15.2 Å². The van der Waals surface area contributed by atoms with Crippen molar-refractivity contribution in [2.45, 2.75) is 76.0 Å². The van der Waals surface area contributed by atoms with Gasteiger partial charge in [-0.15, -0.1) is 0 Å². The smallest absolute Gasteiger partial charge is 0.407 e. The predicted octanol–water partition coefficient (Wildman–Crippen LogP) is 5.51. The molecule has 8 heteroatoms. The van der Waals surface area contributed by atoms with Crippen molar-refractivity contribution in [1.82, 2.24) is 10.3 Å². The number of carbonyl (C=O) groups is 2. The maximum Gasteiger partial charge on any atom is 0.407 e. The molecule has 0 radical (unpaired) electrons. The van der Waals surface area contributed by atoms with Gasteiger partial charge in [0.2, 0.25) is 5.89 Å². The highest BCUT2D eigenvalue weighted by molar-refractivity contribution is 7.99. The number of ether oxygens (including phenoxy) is 2. The van der Waals surface area contributed by atoms with Crippen LogP contribution in [0.15, 0.2) is 28.7 Å². The molecule has 174 valence electrons. The van der Waals surface area contributed by atoms with Gasteiger partial charge in [0.15, 0.2) is 0 Å². The summed E-state index contributed by atoms with van der Waals surface area (Å²) in [6.45, 7) is 7.54. The lowest BCUT2D eigenvalue weighted by Crippen LogP contribution is -2.41. The van der Waals surface area contributed by atoms with Crippen LogP contribution in [-0.4, -0.2) is 41.0 Å². The third kappa shape index (κ3) is 6.76. The van der Waals surface area contributed by atoms with Gasteiger partial charge < -0.3 is 19.2 Å². The first-order valence-electron chi connectivity index (χ1n) is 10.9. The van der Waals surface area contributed by atoms with Crippen LogP contribution in [0.4, 0.5) is 4.79 Å². The highest BCUT2D eigenvalue weighted by atomic mass is 32.2. The number of methoxy groups -OCH3 is 1. The van der Waals surface area contributed by atoms with Crippen molar-refractivity contribution in [3.8, 4) is 11.5 Å². The summed E-state index contributed by atoms with van der Waals surface area (Å²) in [6, 6.07) is 7.22. The third-order valence-electron chi connectivity index (χ3n) is 5.30. The van der Waals surface area contributed by atoms with E-state index in [-0.39, 0.29) is 18.1 Å². The van der Waals surface area contributed by atoms with Crippen LogP contribution in [0.2, 0.25) is 0 Å². The normalized spacial score (nSPS) is 18.8. The number of aryl methyl sites for hydroxylation is 1. The molecule has 1 N–H and O–H groups in total. The first-order valence-corrected chi connectivity index (χ1v) is 12.0. The summed E-state index contributed by atoms with van der Waals surface area (Å²) in [4.78, 5) is 28.2. The first kappa shape index (κ1) is 24.2. The molecule has 1 amide bonds. The molecule has 1 aromatic heterocycles. The second-order valence-corrected chi connectivity index (χ2v) is 10.3. The molecule has 1 saturated carbocycles. The number of thioether (sulfide) groups is 1. The molecule has 1 heterocycles. The minimum absolute atomic E-state index is 0.176. The average molecular weight is 461 g/mol. The summed E-state index contributed by atoms with van der Waals surface area (Å²) in [6.07, 6.45) is 3.66. The van der Waals surface area contributed by atoms with E-state index in [0.717, 1.165) is 48.5 Å². The second kappa shape index (κ2) is 10.4. The van der Waals surface area contributed by atoms with E-state index in [9.17, 15) is 9.59 Å². The molecule has 2 aromatic rings. The van der Waals surface area contributed by atoms with Gasteiger partial charge in [-0.1, -0.05) is 0 Å². The Morgan fingerprint density at radius 2 is 1.81 bits per heavy atom. The van der Waals surface area contributed by atoms with E-state index in [1.54, 1.807) is 12.1 Å². The monoisotopic (exact) mass is 460 g/mol. The van der Waals surface area contributed by atoms with Crippen LogP contribution in [0.1, 0.15) is 68.3 Å². The molecule has 0 unspecified atom stereocenters. The van der Waals surface area contributed by atoms with Crippen LogP contribution in [0, 0.1) is 6.92 Å². The maximum absolute atomic E-state index is 12.0. The van der Waals surface area contributed by atoms with Gasteiger partial charge in [0, 0.05) is 22.6 Å². The quantitative estimate of drug-likeness (QED) is 0.569. The van der Waals surface area contributed by atoms with Crippen molar-refractivity contribution in [2.75, 3.05) is 7.11 Å². The lowest BCUT2D eigenvalue weighted by molar-refractivity contribution is 0.0492. The molecule has 32 heavy (non-hydrogen) atoms. The Labute approximate surface area is 193 Å². The lowest BCUT2D eigenvalue weighted by Gasteiger charge is -2.29. The van der Waals surface area contributed by atoms with Crippen LogP contribution >= 0.6 is 11.8 Å². The fourth-order valence-corrected chi connectivity index (χ4v) is 4.86. The van der Waals surface area contributed by atoms with Crippen molar-refractivity contribution in [3.63, 3.8) is 0 Å². The van der Waals surface area contributed by atoms with E-state index in [0.29, 0.717) is 16.7 Å². The van der Waals surface area contributed by atoms with E-state index in [1.807, 2.05) is 51.6 Å². The van der Waals surface area contributed by atoms with Crippen LogP contribution < -0.4 is 5.32 Å². The third-order valence-corrected chi connectivity index (χ3v) is 6.68. The molecule has 0 spiro atoms. The maximum atomic E-state index is 12.0. The Hall–Kier alpha value is -2.48. The van der Waals surface area contributed by atoms with Crippen LogP contribution in [0.3, 0.4) is 0 Å². The number of benzene rings is 1. The molecule has 1 aliphatic carbocycles. The zero-order valence-electron chi connectivity index (χ0n) is 19.4. The number of carbonyl (C=O) groups excluding carboxylic acids is 2. The number of nitrogens with one attached hydrogen (secondary N) is 1. The minimum atomic E-state index is -0.477. The van der Waals surface area contributed by atoms with E-state index < -0.39 is 5.60 Å². The predicted molar refractivity (Wildman–Crippen MR) is 125 cm³/mol. The van der Waals surface area contributed by atoms with Crippen molar-refractivity contribution in [2.24, 2.45) is 0 Å². The summed E-state index contributed by atoms with van der Waals surface area (Å²) in [5, 5.41) is 3.52. The average Bonchev–Trinajstić information content (AvgIpc) is 3.12. The van der Waals surface area contributed by atoms with Crippen molar-refractivity contribution in [1.29, 1.82) is 0 Å². The number of hydrogen-bond donors (Lipinski definition) is 1. The molecule has 1 aliphatic rings. The van der Waals surface area contributed by atoms with Crippen LogP contribution in [0.5, 0.6) is 0 Å². The van der Waals surface area contributed by atoms with Gasteiger partial charge >= 0.3 is 12.1 Å². The Kier molecular flexibility index (Phi) is 7.87. The highest BCUT2D eigenvalue weighted by Crippen LogP contribution is 2.32. The summed E-state index contributed by atoms with van der Waals surface area (Å²) < 4.78 is 15.9. The number of aromatic nitrogens is 1. The van der Waals surface area contributed by atoms with E-state index in [1.165, 1.54) is 7.11 Å². The number of alkyl carbamates (subject to hydrolysis) is 1. The molecular formula is C24H32N2O5S. The molecular weight excluding hydrogens is 428 g/mol. The van der Waals surface area contributed by atoms with E-state index in [2.05, 4.69) is 10.3 Å². The summed E-state index contributed by atoms with van der Waals surface area (Å²) >= 11 is 1.89. The Bertz CT molecular complexity index is 925. The van der Waals surface area contributed by atoms with Gasteiger partial charge in [0.05, 0.1) is 18.4 Å². The number of oxazole rings is 1. The fraction of sp³-hybridized carbons (Fsp3) is 0.542. The summed E-state index contributed by atoms with van der Waals surface area (Å²) in [7, 11) is 1.36. The Morgan fingerprint density at radius 1 is 1.16 bits per heavy atom. The van der Waals surface area contributed by atoms with Crippen molar-refractivity contribution < 1.29 is 23.5 Å². The molecule has 3 rings (SSSR count). The molecule has 1 aromatic carbocycles. The molecule has 1 fully saturated rings. The van der Waals surface area contributed by atoms with Gasteiger partial charge in [-0.05, 0) is 77.6 Å². The van der Waals surface area contributed by atoms with Crippen molar-refractivity contribution >= 4 is 23.8 Å². The largest absolute Gasteiger partial charge is 0.465 e. The van der Waals surface area contributed by atoms with Crippen molar-refractivity contribution in [3.05, 3.63) is 41.3 Å². The topological polar surface area (TPSA) is 90.7 Å². The minimum Gasteiger partial charge on any atom is -0.465 e. The first-order chi connectivity index (χ1) is 15.1. The number of esters is 1. The highest BCUT2D eigenvalue weighted by Gasteiger charge is 2.25. The Morgan fingerprint density at radius 3 is 2.41 bits per heavy atom. The van der Waals surface area contributed by atoms with Gasteiger partial charge in [0.1, 0.15) is 11.4 Å². The molecule has 0 atom stereocenters. The molecule has 0 aliphatic heterocycles. The fourth-order valence-electron chi connectivity index (χ4n) is 3.60. The van der Waals surface area contributed by atoms with E-state index in [4.69, 9.17) is 13.9 Å². The number of amides is 1. The van der Waals surface area contributed by atoms with Gasteiger partial charge in [0.25, 0.3) is 0 Å². The standard InChI is InChI=1S/C24H32N2O5S/c1-15-20(26-21(30-15)16-6-8-17(9-7-16)22(27)29-5)14-32-19-12-10-18(11-13-19)25-23(28)31-24(2,3)4/h6-9,18-19H,10-14H2,1-5H3,(H,25,28)/t18-,19-. The van der Waals surface area contributed by atoms with E-state index >= 15 is 0 Å². The number of rotatable bonds is 6. The van der Waals surface area contributed by atoms with Crippen LogP contribution in [0.25, 0.3) is 11.5 Å². The molecule has 0 bridgehead atoms. The molecule has 7 nitrogen and oxygen atoms in total. The Balaban J connectivity index is 1.48. The second-order valence-electron chi connectivity index (χ2n) is 9.02. The zero-order chi connectivity index (χ0) is 23.3. The SMILES string of the molecule is COC(=O)c1ccc(-c2nc(CS[C@H]3CC[C@H](NC(=O)OC(C)(C)C)CC3)c(C)o2)cc1. The summed E-state index contributed by atoms with van der Waals surface area (Å²) in [5.41, 5.74) is 1.78. The van der Waals surface area contributed by atoms with Gasteiger partial charge in [-0.3, -0.25) is 0 Å². The summed E-state index contributed by atoms with van der Waals surface area (Å²) in [5.74, 6) is 1.78. The number of hydrogen-bond acceptors (Lipinski definition) is 7. The molecule has 0 saturated heterocycles. The number of nitrogens with zero attached hydrogens (tertiary/aromatic N) is 1. The zero-order valence-corrected chi connectivity index (χ0v) is 20.2. The van der Waals surface area contributed by atoms with Gasteiger partial charge in [-0.2, -0.15) is 11.8 Å².